The summed E-state index contributed by atoms with van der Waals surface area (Å²) in [7, 11) is 0. The first-order valence-electron chi connectivity index (χ1n) is 10.6. The smallest absolute Gasteiger partial charge is 0.301 e. The van der Waals surface area contributed by atoms with Crippen LogP contribution in [0.25, 0.3) is 16.0 Å². The van der Waals surface area contributed by atoms with E-state index in [0.29, 0.717) is 21.2 Å². The minimum atomic E-state index is -0.965. The van der Waals surface area contributed by atoms with Gasteiger partial charge in [0.05, 0.1) is 31.9 Å². The normalized spacial score (nSPS) is 17.5. The van der Waals surface area contributed by atoms with E-state index in [1.807, 2.05) is 26.0 Å². The number of hydrogen-bond donors (Lipinski definition) is 2. The lowest BCUT2D eigenvalue weighted by Gasteiger charge is -2.23. The molecular weight excluding hydrogens is 507 g/mol. The van der Waals surface area contributed by atoms with Gasteiger partial charge in [0.2, 0.25) is 0 Å². The van der Waals surface area contributed by atoms with E-state index in [9.17, 15) is 19.8 Å². The number of carbonyl (C=O) groups excluding carboxylic acids is 2. The number of aryl methyl sites for hydroxylation is 2. The van der Waals surface area contributed by atoms with Gasteiger partial charge in [0.1, 0.15) is 11.5 Å². The maximum atomic E-state index is 13.3. The van der Waals surface area contributed by atoms with Crippen molar-refractivity contribution in [3.63, 3.8) is 0 Å². The van der Waals surface area contributed by atoms with Crippen LogP contribution in [0.1, 0.15) is 28.3 Å². The summed E-state index contributed by atoms with van der Waals surface area (Å²) in [4.78, 5) is 32.6. The molecule has 1 unspecified atom stereocenters. The highest BCUT2D eigenvalue weighted by atomic mass is 35.5. The molecule has 0 aliphatic carbocycles. The number of benzene rings is 3. The number of carbonyl (C=O) groups is 2. The van der Waals surface area contributed by atoms with Gasteiger partial charge in [-0.25, -0.2) is 4.98 Å². The standard InChI is InChI=1S/C26H18Cl2N2O4S/c1-12-9-19-20(10-13(12)2)35-26(29-19)30-22(14-3-6-16(31)7-4-14)21(24(33)25(30)34)23(32)15-5-8-17(27)18(28)11-15/h3-11,22,31-32H,1-2H3/b23-21+. The van der Waals surface area contributed by atoms with E-state index in [2.05, 4.69) is 4.98 Å². The van der Waals surface area contributed by atoms with Crippen molar-refractivity contribution in [1.82, 2.24) is 4.98 Å². The molecule has 0 bridgehead atoms. The van der Waals surface area contributed by atoms with Crippen LogP contribution >= 0.6 is 34.5 Å². The number of thiazole rings is 1. The van der Waals surface area contributed by atoms with Crippen LogP contribution in [-0.2, 0) is 9.59 Å². The molecule has 1 amide bonds. The van der Waals surface area contributed by atoms with Gasteiger partial charge in [-0.1, -0.05) is 46.7 Å². The molecule has 35 heavy (non-hydrogen) atoms. The van der Waals surface area contributed by atoms with E-state index in [1.54, 1.807) is 12.1 Å². The highest BCUT2D eigenvalue weighted by Crippen LogP contribution is 2.45. The van der Waals surface area contributed by atoms with Gasteiger partial charge < -0.3 is 10.2 Å². The third-order valence-electron chi connectivity index (χ3n) is 6.04. The zero-order chi connectivity index (χ0) is 25.0. The molecule has 1 atom stereocenters. The maximum Gasteiger partial charge on any atom is 0.301 e. The van der Waals surface area contributed by atoms with Crippen LogP contribution in [0.15, 0.2) is 60.2 Å². The molecule has 1 fully saturated rings. The van der Waals surface area contributed by atoms with Crippen molar-refractivity contribution >= 4 is 67.3 Å². The Hall–Kier alpha value is -3.39. The number of ketones is 1. The first-order valence-corrected chi connectivity index (χ1v) is 12.2. The largest absolute Gasteiger partial charge is 0.508 e. The first-order chi connectivity index (χ1) is 16.7. The predicted octanol–water partition coefficient (Wildman–Crippen LogP) is 6.55. The molecule has 0 spiro atoms. The molecule has 3 aromatic carbocycles. The predicted molar refractivity (Wildman–Crippen MR) is 138 cm³/mol. The topological polar surface area (TPSA) is 90.7 Å². The molecule has 176 valence electrons. The van der Waals surface area contributed by atoms with Crippen molar-refractivity contribution in [2.24, 2.45) is 0 Å². The fourth-order valence-corrected chi connectivity index (χ4v) is 5.44. The summed E-state index contributed by atoms with van der Waals surface area (Å²) in [6.45, 7) is 3.97. The molecule has 2 heterocycles. The van der Waals surface area contributed by atoms with Gasteiger partial charge in [0, 0.05) is 5.56 Å². The minimum Gasteiger partial charge on any atom is -0.508 e. The van der Waals surface area contributed by atoms with E-state index in [1.165, 1.54) is 46.6 Å². The molecule has 1 aliphatic rings. The number of phenols is 1. The molecule has 0 saturated carbocycles. The third kappa shape index (κ3) is 3.95. The van der Waals surface area contributed by atoms with E-state index in [0.717, 1.165) is 15.8 Å². The second-order valence-corrected chi connectivity index (χ2v) is 10.1. The Kier molecular flexibility index (Phi) is 5.79. The Morgan fingerprint density at radius 1 is 0.971 bits per heavy atom. The number of anilines is 1. The lowest BCUT2D eigenvalue weighted by molar-refractivity contribution is -0.132. The van der Waals surface area contributed by atoms with Crippen molar-refractivity contribution in [3.8, 4) is 5.75 Å². The molecular formula is C26H18Cl2N2O4S. The van der Waals surface area contributed by atoms with Gasteiger partial charge in [0.25, 0.3) is 5.78 Å². The van der Waals surface area contributed by atoms with Gasteiger partial charge in [-0.05, 0) is 73.0 Å². The SMILES string of the molecule is Cc1cc2nc(N3C(=O)C(=O)/C(=C(/O)c4ccc(Cl)c(Cl)c4)C3c3ccc(O)cc3)sc2cc1C. The Labute approximate surface area is 214 Å². The summed E-state index contributed by atoms with van der Waals surface area (Å²) in [5.74, 6) is -2.01. The number of phenolic OH excluding ortho intramolecular Hbond substituents is 1. The molecule has 5 rings (SSSR count). The number of nitrogens with zero attached hydrogens (tertiary/aromatic N) is 2. The minimum absolute atomic E-state index is 0.0288. The number of rotatable bonds is 3. The molecule has 0 radical (unpaired) electrons. The average Bonchev–Trinajstić information content (AvgIpc) is 3.33. The van der Waals surface area contributed by atoms with E-state index < -0.39 is 17.7 Å². The molecule has 2 N–H and O–H groups in total. The first kappa shape index (κ1) is 23.4. The van der Waals surface area contributed by atoms with Crippen LogP contribution in [0, 0.1) is 13.8 Å². The summed E-state index contributed by atoms with van der Waals surface area (Å²) in [6, 6.07) is 13.5. The zero-order valence-corrected chi connectivity index (χ0v) is 20.9. The number of aliphatic hydroxyl groups is 1. The Balaban J connectivity index is 1.74. The van der Waals surface area contributed by atoms with Crippen molar-refractivity contribution < 1.29 is 19.8 Å². The van der Waals surface area contributed by atoms with Gasteiger partial charge in [-0.2, -0.15) is 0 Å². The summed E-state index contributed by atoms with van der Waals surface area (Å²) in [6.07, 6.45) is 0. The van der Waals surface area contributed by atoms with Crippen LogP contribution in [-0.4, -0.2) is 26.9 Å². The Morgan fingerprint density at radius 3 is 2.34 bits per heavy atom. The lowest BCUT2D eigenvalue weighted by atomic mass is 9.95. The monoisotopic (exact) mass is 524 g/mol. The second-order valence-electron chi connectivity index (χ2n) is 8.29. The van der Waals surface area contributed by atoms with Crippen molar-refractivity contribution in [2.45, 2.75) is 19.9 Å². The number of aromatic nitrogens is 1. The van der Waals surface area contributed by atoms with Crippen LogP contribution in [0.2, 0.25) is 10.0 Å². The van der Waals surface area contributed by atoms with Crippen LogP contribution in [0.4, 0.5) is 5.13 Å². The van der Waals surface area contributed by atoms with Gasteiger partial charge in [-0.3, -0.25) is 14.5 Å². The molecule has 9 heteroatoms. The van der Waals surface area contributed by atoms with Crippen LogP contribution in [0.3, 0.4) is 0 Å². The quantitative estimate of drug-likeness (QED) is 0.180. The number of fused-ring (bicyclic) bond motifs is 1. The molecule has 6 nitrogen and oxygen atoms in total. The van der Waals surface area contributed by atoms with E-state index in [4.69, 9.17) is 23.2 Å². The zero-order valence-electron chi connectivity index (χ0n) is 18.5. The number of aromatic hydroxyl groups is 1. The molecule has 1 saturated heterocycles. The fourth-order valence-electron chi connectivity index (χ4n) is 4.07. The van der Waals surface area contributed by atoms with Crippen molar-refractivity contribution in [1.29, 1.82) is 0 Å². The van der Waals surface area contributed by atoms with Crippen LogP contribution < -0.4 is 4.90 Å². The molecule has 1 aliphatic heterocycles. The number of amides is 1. The van der Waals surface area contributed by atoms with E-state index >= 15 is 0 Å². The summed E-state index contributed by atoms with van der Waals surface area (Å²) in [5.41, 5.74) is 3.53. The molecule has 4 aromatic rings. The van der Waals surface area contributed by atoms with Crippen LogP contribution in [0.5, 0.6) is 5.75 Å². The summed E-state index contributed by atoms with van der Waals surface area (Å²) >= 11 is 13.4. The van der Waals surface area contributed by atoms with Crippen molar-refractivity contribution in [2.75, 3.05) is 4.90 Å². The van der Waals surface area contributed by atoms with Gasteiger partial charge in [-0.15, -0.1) is 0 Å². The fraction of sp³-hybridized carbons (Fsp3) is 0.115. The number of halogens is 2. The van der Waals surface area contributed by atoms with E-state index in [-0.39, 0.29) is 27.7 Å². The molecule has 1 aromatic heterocycles. The number of Topliss-reactive ketones (excluding diaryl/α,β-unsaturated/α-hetero) is 1. The Bertz CT molecular complexity index is 1520. The Morgan fingerprint density at radius 2 is 1.66 bits per heavy atom. The van der Waals surface area contributed by atoms with Crippen molar-refractivity contribution in [3.05, 3.63) is 92.5 Å². The number of aliphatic hydroxyl groups excluding tert-OH is 1. The maximum absolute atomic E-state index is 13.3. The lowest BCUT2D eigenvalue weighted by Crippen LogP contribution is -2.29. The highest BCUT2D eigenvalue weighted by molar-refractivity contribution is 7.22. The number of hydrogen-bond acceptors (Lipinski definition) is 6. The second kappa shape index (κ2) is 8.68. The summed E-state index contributed by atoms with van der Waals surface area (Å²) < 4.78 is 0.874. The summed E-state index contributed by atoms with van der Waals surface area (Å²) in [5, 5.41) is 21.8. The highest BCUT2D eigenvalue weighted by Gasteiger charge is 2.48. The average molecular weight is 525 g/mol. The van der Waals surface area contributed by atoms with Gasteiger partial charge >= 0.3 is 5.91 Å². The van der Waals surface area contributed by atoms with Gasteiger partial charge in [0.15, 0.2) is 5.13 Å². The third-order valence-corrected chi connectivity index (χ3v) is 7.80.